The Morgan fingerprint density at radius 2 is 1.93 bits per heavy atom. The molecule has 1 atom stereocenters. The number of thiocarbonyl (C=S) groups is 1. The average Bonchev–Trinajstić information content (AvgIpc) is 2.68. The van der Waals surface area contributed by atoms with Crippen LogP contribution in [0.1, 0.15) is 15.9 Å². The number of phenols is 1. The Morgan fingerprint density at radius 3 is 2.60 bits per heavy atom. The van der Waals surface area contributed by atoms with Crippen LogP contribution in [0.5, 0.6) is 5.75 Å². The highest BCUT2D eigenvalue weighted by molar-refractivity contribution is 9.11. The van der Waals surface area contributed by atoms with E-state index in [0.29, 0.717) is 14.6 Å². The molecule has 1 aliphatic heterocycles. The number of hydrogen-bond acceptors (Lipinski definition) is 6. The number of phenolic OH excluding ortho intramolecular Hbond substituents is 1. The summed E-state index contributed by atoms with van der Waals surface area (Å²) >= 11 is 11.5. The van der Waals surface area contributed by atoms with E-state index in [-0.39, 0.29) is 16.4 Å². The topological polar surface area (TPSA) is 111 Å². The number of hydrazone groups is 1. The van der Waals surface area contributed by atoms with Gasteiger partial charge >= 0.3 is 0 Å². The fourth-order valence-corrected chi connectivity index (χ4v) is 4.15. The molecule has 3 N–H and O–H groups in total. The van der Waals surface area contributed by atoms with E-state index < -0.39 is 23.6 Å². The van der Waals surface area contributed by atoms with Crippen LogP contribution in [0.15, 0.2) is 50.4 Å². The zero-order chi connectivity index (χ0) is 22.0. The minimum Gasteiger partial charge on any atom is -0.506 e. The smallest absolute Gasteiger partial charge is 0.275 e. The van der Waals surface area contributed by atoms with Gasteiger partial charge in [-0.25, -0.2) is 5.43 Å². The van der Waals surface area contributed by atoms with Crippen molar-refractivity contribution in [1.82, 2.24) is 10.7 Å². The maximum atomic E-state index is 12.8. The van der Waals surface area contributed by atoms with Gasteiger partial charge in [-0.05, 0) is 59.3 Å². The first-order chi connectivity index (χ1) is 14.2. The number of amides is 3. The summed E-state index contributed by atoms with van der Waals surface area (Å²) < 4.78 is 0.875. The lowest BCUT2D eigenvalue weighted by atomic mass is 10.1. The van der Waals surface area contributed by atoms with Gasteiger partial charge in [0, 0.05) is 10.7 Å². The van der Waals surface area contributed by atoms with Gasteiger partial charge in [0.25, 0.3) is 11.8 Å². The minimum atomic E-state index is -1.29. The summed E-state index contributed by atoms with van der Waals surface area (Å²) in [5, 5.41) is 16.2. The van der Waals surface area contributed by atoms with Crippen molar-refractivity contribution < 1.29 is 19.5 Å². The molecule has 2 aromatic rings. The van der Waals surface area contributed by atoms with Crippen LogP contribution in [0.2, 0.25) is 0 Å². The van der Waals surface area contributed by atoms with Gasteiger partial charge in [0.15, 0.2) is 11.0 Å². The van der Waals surface area contributed by atoms with Crippen LogP contribution in [0.4, 0.5) is 5.69 Å². The number of nitrogens with one attached hydrogen (secondary N) is 2. The molecule has 3 amide bonds. The molecular formula is C19H14Br2N4O4S. The summed E-state index contributed by atoms with van der Waals surface area (Å²) in [5.74, 6) is -3.53. The van der Waals surface area contributed by atoms with Gasteiger partial charge in [0.2, 0.25) is 5.91 Å². The van der Waals surface area contributed by atoms with E-state index in [1.54, 1.807) is 18.2 Å². The molecule has 0 spiro atoms. The molecule has 11 heteroatoms. The Morgan fingerprint density at radius 1 is 1.27 bits per heavy atom. The molecule has 0 aromatic heterocycles. The number of rotatable bonds is 4. The standard InChI is InChI=1S/C19H14Br2N4O4S/c1-9-2-4-11(5-3-9)25-18(29)13(16(27)23-19(25)30)8-22-24-17(28)12-6-10(20)7-14(21)15(12)26/h2-8,13,26H,1H3,(H,24,28)(H,23,27,30)/b22-8+/t13-/m1/s1. The maximum Gasteiger partial charge on any atom is 0.275 e. The van der Waals surface area contributed by atoms with Gasteiger partial charge in [0.1, 0.15) is 5.75 Å². The lowest BCUT2D eigenvalue weighted by Crippen LogP contribution is -2.58. The number of hydrogen-bond donors (Lipinski definition) is 3. The van der Waals surface area contributed by atoms with Crippen LogP contribution in [0, 0.1) is 12.8 Å². The molecule has 3 rings (SSSR count). The Bertz CT molecular complexity index is 1090. The van der Waals surface area contributed by atoms with Crippen molar-refractivity contribution in [2.45, 2.75) is 6.92 Å². The quantitative estimate of drug-likeness (QED) is 0.233. The summed E-state index contributed by atoms with van der Waals surface area (Å²) in [5.41, 5.74) is 3.66. The molecule has 0 aliphatic carbocycles. The second kappa shape index (κ2) is 9.02. The maximum absolute atomic E-state index is 12.8. The number of carbonyl (C=O) groups is 3. The molecule has 8 nitrogen and oxygen atoms in total. The molecule has 30 heavy (non-hydrogen) atoms. The summed E-state index contributed by atoms with van der Waals surface area (Å²) in [6, 6.07) is 10.0. The van der Waals surface area contributed by atoms with Gasteiger partial charge in [-0.2, -0.15) is 5.10 Å². The number of anilines is 1. The second-order valence-corrected chi connectivity index (χ2v) is 8.44. The van der Waals surface area contributed by atoms with Crippen LogP contribution < -0.4 is 15.6 Å². The number of aryl methyl sites for hydroxylation is 1. The average molecular weight is 554 g/mol. The van der Waals surface area contributed by atoms with E-state index in [2.05, 4.69) is 47.7 Å². The van der Waals surface area contributed by atoms with Crippen LogP contribution in [0.25, 0.3) is 0 Å². The fourth-order valence-electron chi connectivity index (χ4n) is 2.63. The van der Waals surface area contributed by atoms with Crippen LogP contribution >= 0.6 is 44.1 Å². The highest BCUT2D eigenvalue weighted by Gasteiger charge is 2.38. The molecule has 1 aliphatic rings. The number of carbonyl (C=O) groups excluding carboxylic acids is 3. The van der Waals surface area contributed by atoms with Gasteiger partial charge in [-0.3, -0.25) is 19.3 Å². The monoisotopic (exact) mass is 552 g/mol. The predicted molar refractivity (Wildman–Crippen MR) is 122 cm³/mol. The summed E-state index contributed by atoms with van der Waals surface area (Å²) in [7, 11) is 0. The molecule has 0 bridgehead atoms. The number of aromatic hydroxyl groups is 1. The van der Waals surface area contributed by atoms with Crippen molar-refractivity contribution in [2.24, 2.45) is 11.0 Å². The van der Waals surface area contributed by atoms with Crippen molar-refractivity contribution in [3.63, 3.8) is 0 Å². The lowest BCUT2D eigenvalue weighted by Gasteiger charge is -2.30. The summed E-state index contributed by atoms with van der Waals surface area (Å²) in [6.45, 7) is 1.90. The number of benzene rings is 2. The molecular weight excluding hydrogens is 540 g/mol. The minimum absolute atomic E-state index is 0.0357. The first kappa shape index (κ1) is 22.1. The normalized spacial score (nSPS) is 16.7. The van der Waals surface area contributed by atoms with E-state index >= 15 is 0 Å². The largest absolute Gasteiger partial charge is 0.506 e. The van der Waals surface area contributed by atoms with E-state index in [0.717, 1.165) is 11.8 Å². The number of nitrogens with zero attached hydrogens (tertiary/aromatic N) is 2. The summed E-state index contributed by atoms with van der Waals surface area (Å²) in [4.78, 5) is 38.6. The molecule has 1 saturated heterocycles. The SMILES string of the molecule is Cc1ccc(N2C(=O)[C@H](/C=N/NC(=O)c3cc(Br)cc(Br)c3O)C(=O)NC2=S)cc1. The Kier molecular flexibility index (Phi) is 6.64. The molecule has 0 radical (unpaired) electrons. The molecule has 1 fully saturated rings. The number of halogens is 2. The van der Waals surface area contributed by atoms with Gasteiger partial charge in [-0.1, -0.05) is 33.6 Å². The molecule has 0 unspecified atom stereocenters. The third-order valence-corrected chi connectivity index (χ3v) is 5.50. The van der Waals surface area contributed by atoms with Gasteiger partial charge < -0.3 is 10.4 Å². The van der Waals surface area contributed by atoms with Crippen LogP contribution in [0.3, 0.4) is 0 Å². The van der Waals surface area contributed by atoms with Crippen molar-refractivity contribution in [1.29, 1.82) is 0 Å². The highest BCUT2D eigenvalue weighted by Crippen LogP contribution is 2.31. The van der Waals surface area contributed by atoms with Gasteiger partial charge in [0.05, 0.1) is 15.7 Å². The first-order valence-corrected chi connectivity index (χ1v) is 10.5. The van der Waals surface area contributed by atoms with E-state index in [1.165, 1.54) is 11.0 Å². The van der Waals surface area contributed by atoms with Crippen LogP contribution in [-0.4, -0.2) is 34.2 Å². The Balaban J connectivity index is 1.78. The van der Waals surface area contributed by atoms with Crippen molar-refractivity contribution >= 4 is 78.8 Å². The Labute approximate surface area is 193 Å². The Hall–Kier alpha value is -2.63. The zero-order valence-electron chi connectivity index (χ0n) is 15.3. The zero-order valence-corrected chi connectivity index (χ0v) is 19.3. The van der Waals surface area contributed by atoms with E-state index in [9.17, 15) is 19.5 Å². The van der Waals surface area contributed by atoms with E-state index in [4.69, 9.17) is 12.2 Å². The van der Waals surface area contributed by atoms with Crippen molar-refractivity contribution in [3.8, 4) is 5.75 Å². The predicted octanol–water partition coefficient (Wildman–Crippen LogP) is 3.01. The third kappa shape index (κ3) is 4.58. The van der Waals surface area contributed by atoms with Crippen molar-refractivity contribution in [3.05, 3.63) is 56.5 Å². The molecule has 0 saturated carbocycles. The van der Waals surface area contributed by atoms with Crippen LogP contribution in [-0.2, 0) is 9.59 Å². The third-order valence-electron chi connectivity index (χ3n) is 4.16. The van der Waals surface area contributed by atoms with Gasteiger partial charge in [-0.15, -0.1) is 0 Å². The molecule has 2 aromatic carbocycles. The summed E-state index contributed by atoms with van der Waals surface area (Å²) in [6.07, 6.45) is 1.02. The fraction of sp³-hybridized carbons (Fsp3) is 0.105. The molecule has 154 valence electrons. The molecule has 1 heterocycles. The highest BCUT2D eigenvalue weighted by atomic mass is 79.9. The van der Waals surface area contributed by atoms with E-state index in [1.807, 2.05) is 19.1 Å². The lowest BCUT2D eigenvalue weighted by molar-refractivity contribution is -0.130. The second-order valence-electron chi connectivity index (χ2n) is 6.28. The first-order valence-electron chi connectivity index (χ1n) is 8.46. The van der Waals surface area contributed by atoms with Crippen molar-refractivity contribution in [2.75, 3.05) is 4.90 Å².